The monoisotopic (exact) mass is 595 g/mol. The van der Waals surface area contributed by atoms with Gasteiger partial charge in [-0.25, -0.2) is 0 Å². The van der Waals surface area contributed by atoms with E-state index in [4.69, 9.17) is 35.3 Å². The number of rotatable bonds is 25. The van der Waals surface area contributed by atoms with Gasteiger partial charge in [-0.1, -0.05) is 0 Å². The van der Waals surface area contributed by atoms with E-state index in [1.165, 1.54) is 0 Å². The van der Waals surface area contributed by atoms with E-state index in [0.717, 1.165) is 0 Å². The van der Waals surface area contributed by atoms with Crippen molar-refractivity contribution >= 4 is 0 Å². The van der Waals surface area contributed by atoms with Crippen molar-refractivity contribution in [2.45, 2.75) is 112 Å². The predicted octanol–water partition coefficient (Wildman–Crippen LogP) is -6.47. The van der Waals surface area contributed by atoms with Crippen LogP contribution in [-0.2, 0) is 14.2 Å². The van der Waals surface area contributed by atoms with Gasteiger partial charge in [-0.05, 0) is 45.1 Å². The van der Waals surface area contributed by atoms with Gasteiger partial charge in [0.2, 0.25) is 0 Å². The van der Waals surface area contributed by atoms with Gasteiger partial charge in [-0.2, -0.15) is 0 Å². The van der Waals surface area contributed by atoms with Crippen LogP contribution in [-0.4, -0.2) is 173 Å². The number of nitrogens with two attached hydrogens (primary N) is 1. The van der Waals surface area contributed by atoms with Gasteiger partial charge in [0.15, 0.2) is 18.9 Å². The van der Waals surface area contributed by atoms with E-state index < -0.39 is 106 Å². The number of aliphatic hydroxyl groups is 13. The first-order chi connectivity index (χ1) is 18.9. The molecule has 0 heterocycles. The molecule has 242 valence electrons. The van der Waals surface area contributed by atoms with Crippen LogP contribution in [0, 0.1) is 0 Å². The van der Waals surface area contributed by atoms with Crippen molar-refractivity contribution in [1.82, 2.24) is 0 Å². The van der Waals surface area contributed by atoms with Gasteiger partial charge < -0.3 is 86.3 Å². The van der Waals surface area contributed by atoms with Crippen LogP contribution in [0.2, 0.25) is 0 Å². The Morgan fingerprint density at radius 3 is 1.35 bits per heavy atom. The van der Waals surface area contributed by atoms with Crippen molar-refractivity contribution in [3.63, 3.8) is 0 Å². The Labute approximate surface area is 232 Å². The average molecular weight is 596 g/mol. The highest BCUT2D eigenvalue weighted by Gasteiger charge is 2.43. The summed E-state index contributed by atoms with van der Waals surface area (Å²) in [5, 5.41) is 130. The number of hydrogen-bond donors (Lipinski definition) is 14. The molecule has 0 aromatic carbocycles. The lowest BCUT2D eigenvalue weighted by molar-refractivity contribution is -0.320. The maximum absolute atomic E-state index is 10.7. The van der Waals surface area contributed by atoms with Crippen molar-refractivity contribution < 1.29 is 80.6 Å². The molecule has 12 unspecified atom stereocenters. The normalized spacial score (nSPS) is 21.4. The van der Waals surface area contributed by atoms with Crippen molar-refractivity contribution in [3.05, 3.63) is 0 Å². The summed E-state index contributed by atoms with van der Waals surface area (Å²) in [6, 6.07) is 0. The Kier molecular flexibility index (Phi) is 21.6. The zero-order valence-corrected chi connectivity index (χ0v) is 22.3. The second-order valence-electron chi connectivity index (χ2n) is 9.29. The third kappa shape index (κ3) is 14.0. The highest BCUT2D eigenvalue weighted by Crippen LogP contribution is 2.22. The lowest BCUT2D eigenvalue weighted by Crippen LogP contribution is -2.56. The summed E-state index contributed by atoms with van der Waals surface area (Å²) in [4.78, 5) is 0. The molecule has 0 bridgehead atoms. The molecule has 0 spiro atoms. The third-order valence-electron chi connectivity index (χ3n) is 6.06. The van der Waals surface area contributed by atoms with Gasteiger partial charge in [-0.15, -0.1) is 0 Å². The zero-order valence-electron chi connectivity index (χ0n) is 22.3. The van der Waals surface area contributed by atoms with E-state index in [1.54, 1.807) is 0 Å². The minimum atomic E-state index is -2.45. The minimum absolute atomic E-state index is 0.0589. The fourth-order valence-electron chi connectivity index (χ4n) is 3.58. The second kappa shape index (κ2) is 21.9. The Morgan fingerprint density at radius 2 is 0.900 bits per heavy atom. The molecule has 40 heavy (non-hydrogen) atoms. The van der Waals surface area contributed by atoms with Gasteiger partial charge in [0, 0.05) is 26.4 Å². The standard InChI is InChI=1S/C23H49NO16/c24-7-2-1-3-11-38-22(36)19(16(32)13(29)5-9-26)40-23(37)20(17(33)14(30)6-10-27)39-21(35)18(34)15(31)12(28)4-8-25/h12-23,25-37H,1-11,24H2. The molecular weight excluding hydrogens is 546 g/mol. The first-order valence-corrected chi connectivity index (χ1v) is 13.1. The van der Waals surface area contributed by atoms with Crippen LogP contribution in [0.15, 0.2) is 0 Å². The molecular formula is C23H49NO16. The van der Waals surface area contributed by atoms with Crippen molar-refractivity contribution in [1.29, 1.82) is 0 Å². The van der Waals surface area contributed by atoms with E-state index >= 15 is 0 Å². The molecule has 0 aromatic rings. The summed E-state index contributed by atoms with van der Waals surface area (Å²) in [6.07, 6.45) is -24.2. The maximum Gasteiger partial charge on any atom is 0.184 e. The van der Waals surface area contributed by atoms with Gasteiger partial charge in [0.05, 0.1) is 18.3 Å². The van der Waals surface area contributed by atoms with Crippen LogP contribution in [0.25, 0.3) is 0 Å². The summed E-state index contributed by atoms with van der Waals surface area (Å²) in [5.41, 5.74) is 5.41. The maximum atomic E-state index is 10.7. The lowest BCUT2D eigenvalue weighted by Gasteiger charge is -2.37. The molecule has 0 amide bonds. The molecule has 0 aliphatic heterocycles. The quantitative estimate of drug-likeness (QED) is 0.0344. The van der Waals surface area contributed by atoms with Gasteiger partial charge in [0.25, 0.3) is 0 Å². The van der Waals surface area contributed by atoms with Crippen molar-refractivity contribution in [2.24, 2.45) is 5.73 Å². The summed E-state index contributed by atoms with van der Waals surface area (Å²) in [6.45, 7) is -1.42. The van der Waals surface area contributed by atoms with E-state index in [0.29, 0.717) is 25.8 Å². The highest BCUT2D eigenvalue weighted by atomic mass is 16.7. The summed E-state index contributed by atoms with van der Waals surface area (Å²) < 4.78 is 15.5. The molecule has 0 aliphatic carbocycles. The fraction of sp³-hybridized carbons (Fsp3) is 1.00. The number of hydrogen-bond acceptors (Lipinski definition) is 17. The molecule has 0 rings (SSSR count). The molecule has 0 saturated heterocycles. The van der Waals surface area contributed by atoms with Gasteiger partial charge >= 0.3 is 0 Å². The number of ether oxygens (including phenoxy) is 3. The minimum Gasteiger partial charge on any atom is -0.396 e. The SMILES string of the molecule is NCCCCCOC(O)C(OC(O)C(OC(O)C(O)C(O)C(O)CCO)C(O)C(O)CCO)C(O)C(O)CCO. The second-order valence-corrected chi connectivity index (χ2v) is 9.29. The largest absolute Gasteiger partial charge is 0.396 e. The highest BCUT2D eigenvalue weighted by molar-refractivity contribution is 4.85. The molecule has 0 radical (unpaired) electrons. The Morgan fingerprint density at radius 1 is 0.475 bits per heavy atom. The number of aliphatic hydroxyl groups excluding tert-OH is 13. The molecule has 0 aliphatic rings. The van der Waals surface area contributed by atoms with Gasteiger partial charge in [0.1, 0.15) is 36.6 Å². The fourth-order valence-corrected chi connectivity index (χ4v) is 3.58. The first kappa shape index (κ1) is 39.3. The van der Waals surface area contributed by atoms with Crippen LogP contribution in [0.3, 0.4) is 0 Å². The van der Waals surface area contributed by atoms with Crippen LogP contribution in [0.1, 0.15) is 38.5 Å². The topological polar surface area (TPSA) is 317 Å². The molecule has 15 N–H and O–H groups in total. The summed E-state index contributed by atoms with van der Waals surface area (Å²) in [7, 11) is 0. The summed E-state index contributed by atoms with van der Waals surface area (Å²) in [5.74, 6) is 0. The smallest absolute Gasteiger partial charge is 0.184 e. The Balaban J connectivity index is 5.89. The predicted molar refractivity (Wildman–Crippen MR) is 134 cm³/mol. The molecule has 0 aromatic heterocycles. The molecule has 0 saturated carbocycles. The Bertz CT molecular complexity index is 609. The van der Waals surface area contributed by atoms with E-state index in [1.807, 2.05) is 0 Å². The van der Waals surface area contributed by atoms with E-state index in [2.05, 4.69) is 0 Å². The van der Waals surface area contributed by atoms with Crippen LogP contribution >= 0.6 is 0 Å². The van der Waals surface area contributed by atoms with Crippen LogP contribution < -0.4 is 5.73 Å². The Hall–Kier alpha value is -0.680. The van der Waals surface area contributed by atoms with E-state index in [-0.39, 0.29) is 13.0 Å². The lowest BCUT2D eigenvalue weighted by atomic mass is 10.0. The van der Waals surface area contributed by atoms with Crippen molar-refractivity contribution in [3.8, 4) is 0 Å². The van der Waals surface area contributed by atoms with E-state index in [9.17, 15) is 51.1 Å². The molecule has 0 fully saturated rings. The molecule has 17 heteroatoms. The first-order valence-electron chi connectivity index (χ1n) is 13.1. The third-order valence-corrected chi connectivity index (χ3v) is 6.06. The van der Waals surface area contributed by atoms with Crippen LogP contribution in [0.4, 0.5) is 0 Å². The van der Waals surface area contributed by atoms with Crippen LogP contribution in [0.5, 0.6) is 0 Å². The van der Waals surface area contributed by atoms with Crippen molar-refractivity contribution in [2.75, 3.05) is 33.0 Å². The summed E-state index contributed by atoms with van der Waals surface area (Å²) >= 11 is 0. The molecule has 17 nitrogen and oxygen atoms in total. The molecule has 12 atom stereocenters. The van der Waals surface area contributed by atoms with Gasteiger partial charge in [-0.3, -0.25) is 0 Å². The average Bonchev–Trinajstić information content (AvgIpc) is 2.92. The number of unbranched alkanes of at least 4 members (excludes halogenated alkanes) is 2. The zero-order chi connectivity index (χ0) is 30.8.